The molecule has 9 aromatic rings. The van der Waals surface area contributed by atoms with Crippen molar-refractivity contribution >= 4 is 70.2 Å². The first-order valence-corrected chi connectivity index (χ1v) is 15.6. The highest BCUT2D eigenvalue weighted by atomic mass is 14.2. The summed E-state index contributed by atoms with van der Waals surface area (Å²) in [6, 6.07) is 54.6. The van der Waals surface area contributed by atoms with E-state index in [0.717, 1.165) is 12.8 Å². The van der Waals surface area contributed by atoms with Crippen LogP contribution >= 0.6 is 0 Å². The maximum absolute atomic E-state index is 2.42. The van der Waals surface area contributed by atoms with E-state index in [0.29, 0.717) is 0 Å². The van der Waals surface area contributed by atoms with Crippen molar-refractivity contribution < 1.29 is 0 Å². The van der Waals surface area contributed by atoms with Gasteiger partial charge in [-0.3, -0.25) is 0 Å². The van der Waals surface area contributed by atoms with Crippen molar-refractivity contribution in [3.8, 4) is 11.1 Å². The topological polar surface area (TPSA) is 0 Å². The zero-order chi connectivity index (χ0) is 28.8. The Balaban J connectivity index is 1.23. The second kappa shape index (κ2) is 9.02. The maximum atomic E-state index is 2.42. The molecule has 10 rings (SSSR count). The molecule has 0 N–H and O–H groups in total. The lowest BCUT2D eigenvalue weighted by Gasteiger charge is -2.21. The molecular weight excluding hydrogens is 528 g/mol. The molecule has 0 heterocycles. The summed E-state index contributed by atoms with van der Waals surface area (Å²) in [4.78, 5) is 0. The van der Waals surface area contributed by atoms with E-state index in [2.05, 4.69) is 146 Å². The second-order valence-electron chi connectivity index (χ2n) is 12.4. The molecule has 0 saturated carbocycles. The van der Waals surface area contributed by atoms with Gasteiger partial charge in [-0.25, -0.2) is 0 Å². The second-order valence-corrected chi connectivity index (χ2v) is 12.4. The zero-order valence-electron chi connectivity index (χ0n) is 24.3. The van der Waals surface area contributed by atoms with Crippen LogP contribution in [0.1, 0.15) is 17.5 Å². The van der Waals surface area contributed by atoms with E-state index in [1.165, 1.54) is 97.7 Å². The summed E-state index contributed by atoms with van der Waals surface area (Å²) >= 11 is 0. The van der Waals surface area contributed by atoms with E-state index in [-0.39, 0.29) is 0 Å². The SMILES string of the molecule is c1ccc2c(-c3cccc4cc5c(ccc6c(C7=c8ccc9cccc%10ccc(c8c%109)CC7)cccc65)cc34)cccc2c1. The van der Waals surface area contributed by atoms with Crippen LogP contribution in [0.15, 0.2) is 146 Å². The highest BCUT2D eigenvalue weighted by molar-refractivity contribution is 6.18. The predicted octanol–water partition coefficient (Wildman–Crippen LogP) is 11.1. The van der Waals surface area contributed by atoms with E-state index in [1.807, 2.05) is 0 Å². The molecule has 0 radical (unpaired) electrons. The van der Waals surface area contributed by atoms with Crippen LogP contribution in [0.5, 0.6) is 0 Å². The minimum atomic E-state index is 1.06. The smallest absolute Gasteiger partial charge is 0.00300 e. The fourth-order valence-corrected chi connectivity index (χ4v) is 8.11. The summed E-state index contributed by atoms with van der Waals surface area (Å²) < 4.78 is 0. The Morgan fingerprint density at radius 3 is 1.84 bits per heavy atom. The fraction of sp³-hybridized carbons (Fsp3) is 0.0455. The molecule has 204 valence electrons. The van der Waals surface area contributed by atoms with Crippen LogP contribution in [0.2, 0.25) is 0 Å². The Hall–Kier alpha value is -5.46. The van der Waals surface area contributed by atoms with Gasteiger partial charge < -0.3 is 0 Å². The molecule has 0 fully saturated rings. The van der Waals surface area contributed by atoms with Gasteiger partial charge in [-0.1, -0.05) is 133 Å². The minimum Gasteiger partial charge on any atom is -0.0616 e. The van der Waals surface area contributed by atoms with Crippen LogP contribution in [0.4, 0.5) is 0 Å². The van der Waals surface area contributed by atoms with Crippen LogP contribution in [0, 0.1) is 0 Å². The van der Waals surface area contributed by atoms with Gasteiger partial charge in [0.2, 0.25) is 0 Å². The van der Waals surface area contributed by atoms with Crippen molar-refractivity contribution in [3.63, 3.8) is 0 Å². The van der Waals surface area contributed by atoms with Gasteiger partial charge in [-0.05, 0) is 123 Å². The van der Waals surface area contributed by atoms with Crippen LogP contribution in [0.25, 0.3) is 81.3 Å². The van der Waals surface area contributed by atoms with E-state index in [4.69, 9.17) is 0 Å². The number of rotatable bonds is 2. The first-order chi connectivity index (χ1) is 21.8. The standard InChI is InChI=1S/C44H28/c1-2-12-33-27(7-1)8-4-13-34(33)36-14-5-11-31-25-42-32(26-41(31)36)21-23-38-35(15-6-16-37(38)42)39-22-19-30-18-17-28-9-3-10-29-20-24-40(39)44(30)43(28)29/h1-18,20-21,23-26H,19,22H2. The third-order valence-electron chi connectivity index (χ3n) is 10.1. The molecule has 0 bridgehead atoms. The Bertz CT molecular complexity index is 2690. The summed E-state index contributed by atoms with van der Waals surface area (Å²) in [5, 5.41) is 17.4. The molecule has 0 nitrogen and oxygen atoms in total. The van der Waals surface area contributed by atoms with Crippen molar-refractivity contribution in [2.75, 3.05) is 0 Å². The Morgan fingerprint density at radius 1 is 0.318 bits per heavy atom. The lowest BCUT2D eigenvalue weighted by Crippen LogP contribution is -2.16. The predicted molar refractivity (Wildman–Crippen MR) is 189 cm³/mol. The molecule has 44 heavy (non-hydrogen) atoms. The van der Waals surface area contributed by atoms with Crippen molar-refractivity contribution in [2.24, 2.45) is 0 Å². The third kappa shape index (κ3) is 3.34. The molecule has 0 saturated heterocycles. The summed E-state index contributed by atoms with van der Waals surface area (Å²) in [7, 11) is 0. The number of aryl methyl sites for hydroxylation is 1. The van der Waals surface area contributed by atoms with Crippen molar-refractivity contribution in [2.45, 2.75) is 12.8 Å². The summed E-state index contributed by atoms with van der Waals surface area (Å²) in [5.41, 5.74) is 6.90. The van der Waals surface area contributed by atoms with Crippen LogP contribution < -0.4 is 5.22 Å². The minimum absolute atomic E-state index is 1.06. The van der Waals surface area contributed by atoms with Gasteiger partial charge >= 0.3 is 0 Å². The molecule has 0 unspecified atom stereocenters. The highest BCUT2D eigenvalue weighted by Crippen LogP contribution is 2.40. The lowest BCUT2D eigenvalue weighted by atomic mass is 9.83. The van der Waals surface area contributed by atoms with Crippen molar-refractivity contribution in [3.05, 3.63) is 162 Å². The number of hydrogen-bond acceptors (Lipinski definition) is 0. The van der Waals surface area contributed by atoms with Crippen molar-refractivity contribution in [1.82, 2.24) is 0 Å². The van der Waals surface area contributed by atoms with Crippen LogP contribution in [-0.2, 0) is 6.42 Å². The van der Waals surface area contributed by atoms with E-state index in [1.54, 1.807) is 0 Å². The highest BCUT2D eigenvalue weighted by Gasteiger charge is 2.19. The van der Waals surface area contributed by atoms with Gasteiger partial charge in [0.05, 0.1) is 0 Å². The monoisotopic (exact) mass is 556 g/mol. The number of benzene rings is 9. The summed E-state index contributed by atoms with van der Waals surface area (Å²) in [6.07, 6.45) is 2.14. The normalized spacial score (nSPS) is 13.2. The first-order valence-electron chi connectivity index (χ1n) is 15.6. The molecule has 0 aliphatic heterocycles. The summed E-state index contributed by atoms with van der Waals surface area (Å²) in [6.45, 7) is 0. The summed E-state index contributed by atoms with van der Waals surface area (Å²) in [5.74, 6) is 0. The Kier molecular flexibility index (Phi) is 4.93. The maximum Gasteiger partial charge on any atom is -0.00300 e. The van der Waals surface area contributed by atoms with Gasteiger partial charge in [0, 0.05) is 0 Å². The van der Waals surface area contributed by atoms with E-state index < -0.39 is 0 Å². The molecule has 9 aromatic carbocycles. The zero-order valence-corrected chi connectivity index (χ0v) is 24.3. The van der Waals surface area contributed by atoms with Crippen molar-refractivity contribution in [1.29, 1.82) is 0 Å². The Labute approximate surface area is 255 Å². The molecule has 0 spiro atoms. The molecule has 0 amide bonds. The quantitative estimate of drug-likeness (QED) is 0.147. The molecule has 0 atom stereocenters. The number of hydrogen-bond donors (Lipinski definition) is 0. The third-order valence-corrected chi connectivity index (χ3v) is 10.1. The van der Waals surface area contributed by atoms with Gasteiger partial charge in [-0.2, -0.15) is 0 Å². The Morgan fingerprint density at radius 2 is 0.932 bits per heavy atom. The van der Waals surface area contributed by atoms with E-state index >= 15 is 0 Å². The average Bonchev–Trinajstić information content (AvgIpc) is 3.09. The van der Waals surface area contributed by atoms with Gasteiger partial charge in [0.1, 0.15) is 0 Å². The molecular formula is C44H28. The lowest BCUT2D eigenvalue weighted by molar-refractivity contribution is 1.01. The average molecular weight is 557 g/mol. The molecule has 0 heteroatoms. The molecule has 0 aromatic heterocycles. The van der Waals surface area contributed by atoms with Gasteiger partial charge in [-0.15, -0.1) is 0 Å². The fourth-order valence-electron chi connectivity index (χ4n) is 8.11. The molecule has 1 aliphatic carbocycles. The molecule has 1 aliphatic rings. The van der Waals surface area contributed by atoms with Crippen LogP contribution in [-0.4, -0.2) is 0 Å². The van der Waals surface area contributed by atoms with E-state index in [9.17, 15) is 0 Å². The van der Waals surface area contributed by atoms with Gasteiger partial charge in [0.25, 0.3) is 0 Å². The largest absolute Gasteiger partial charge is 0.0616 e. The van der Waals surface area contributed by atoms with Gasteiger partial charge in [0.15, 0.2) is 0 Å². The number of fused-ring (bicyclic) bond motifs is 5. The first kappa shape index (κ1) is 24.0. The van der Waals surface area contributed by atoms with Crippen LogP contribution in [0.3, 0.4) is 0 Å².